The van der Waals surface area contributed by atoms with E-state index in [0.29, 0.717) is 17.6 Å². The van der Waals surface area contributed by atoms with Gasteiger partial charge < -0.3 is 9.36 Å². The van der Waals surface area contributed by atoms with Crippen molar-refractivity contribution >= 4 is 6.21 Å². The highest BCUT2D eigenvalue weighted by molar-refractivity contribution is 5.81. The first kappa shape index (κ1) is 16.9. The number of hydrogen-bond donors (Lipinski definition) is 0. The molecule has 0 saturated carbocycles. The zero-order chi connectivity index (χ0) is 17.6. The molecule has 3 rings (SSSR count). The zero-order valence-corrected chi connectivity index (χ0v) is 14.6. The quantitative estimate of drug-likeness (QED) is 0.483. The van der Waals surface area contributed by atoms with Gasteiger partial charge in [-0.2, -0.15) is 4.98 Å². The normalized spacial score (nSPS) is 11.4. The van der Waals surface area contributed by atoms with Crippen molar-refractivity contribution in [1.82, 2.24) is 10.1 Å². The van der Waals surface area contributed by atoms with Gasteiger partial charge in [-0.15, -0.1) is 0 Å². The molecule has 0 fully saturated rings. The number of oxime groups is 1. The Morgan fingerprint density at radius 1 is 1.12 bits per heavy atom. The summed E-state index contributed by atoms with van der Waals surface area (Å²) in [5.74, 6) is 1.44. The molecule has 1 heterocycles. The van der Waals surface area contributed by atoms with Crippen LogP contribution in [0.4, 0.5) is 0 Å². The van der Waals surface area contributed by atoms with Crippen molar-refractivity contribution in [2.75, 3.05) is 0 Å². The maximum atomic E-state index is 5.25. The highest BCUT2D eigenvalue weighted by atomic mass is 16.6. The van der Waals surface area contributed by atoms with Crippen LogP contribution in [0.5, 0.6) is 0 Å². The van der Waals surface area contributed by atoms with Crippen LogP contribution in [0.25, 0.3) is 11.4 Å². The fourth-order valence-electron chi connectivity index (χ4n) is 2.37. The van der Waals surface area contributed by atoms with E-state index in [9.17, 15) is 0 Å². The van der Waals surface area contributed by atoms with E-state index in [1.165, 1.54) is 5.56 Å². The topological polar surface area (TPSA) is 60.5 Å². The van der Waals surface area contributed by atoms with Crippen LogP contribution in [-0.4, -0.2) is 16.4 Å². The first-order valence-electron chi connectivity index (χ1n) is 8.27. The predicted molar refractivity (Wildman–Crippen MR) is 97.4 cm³/mol. The fraction of sp³-hybridized carbons (Fsp3) is 0.250. The lowest BCUT2D eigenvalue weighted by molar-refractivity contribution is 0.107. The fourth-order valence-corrected chi connectivity index (χ4v) is 2.37. The summed E-state index contributed by atoms with van der Waals surface area (Å²) in [6, 6.07) is 16.1. The summed E-state index contributed by atoms with van der Waals surface area (Å²) in [6.07, 6.45) is 1.68. The lowest BCUT2D eigenvalue weighted by atomic mass is 10.0. The van der Waals surface area contributed by atoms with Gasteiger partial charge in [-0.1, -0.05) is 72.7 Å². The molecule has 2 aromatic carbocycles. The molecular formula is C20H21N3O2. The van der Waals surface area contributed by atoms with Crippen LogP contribution in [0, 0.1) is 6.92 Å². The van der Waals surface area contributed by atoms with Crippen LogP contribution in [0.15, 0.2) is 58.2 Å². The predicted octanol–water partition coefficient (Wildman–Crippen LogP) is 4.72. The molecule has 128 valence electrons. The third-order valence-electron chi connectivity index (χ3n) is 3.95. The molecule has 0 aliphatic rings. The van der Waals surface area contributed by atoms with E-state index < -0.39 is 0 Å². The number of hydrogen-bond acceptors (Lipinski definition) is 5. The van der Waals surface area contributed by atoms with E-state index in [4.69, 9.17) is 9.36 Å². The Morgan fingerprint density at radius 2 is 1.88 bits per heavy atom. The van der Waals surface area contributed by atoms with Crippen molar-refractivity contribution in [1.29, 1.82) is 0 Å². The first-order chi connectivity index (χ1) is 12.1. The van der Waals surface area contributed by atoms with E-state index in [1.807, 2.05) is 43.3 Å². The average molecular weight is 335 g/mol. The van der Waals surface area contributed by atoms with Crippen molar-refractivity contribution in [3.63, 3.8) is 0 Å². The molecule has 0 aliphatic carbocycles. The first-order valence-corrected chi connectivity index (χ1v) is 8.27. The number of aryl methyl sites for hydroxylation is 1. The Morgan fingerprint density at radius 3 is 2.60 bits per heavy atom. The SMILES string of the molecule is Cc1ccccc1/C=N\OCc1nc(-c2ccc(C(C)C)cc2)no1. The minimum Gasteiger partial charge on any atom is -0.386 e. The number of benzene rings is 2. The molecule has 0 saturated heterocycles. The van der Waals surface area contributed by atoms with Crippen LogP contribution in [-0.2, 0) is 11.4 Å². The van der Waals surface area contributed by atoms with Gasteiger partial charge in [-0.3, -0.25) is 0 Å². The molecule has 0 unspecified atom stereocenters. The van der Waals surface area contributed by atoms with Gasteiger partial charge in [0.05, 0.1) is 6.21 Å². The minimum absolute atomic E-state index is 0.138. The average Bonchev–Trinajstić information content (AvgIpc) is 3.09. The van der Waals surface area contributed by atoms with Gasteiger partial charge in [-0.05, 0) is 29.5 Å². The zero-order valence-electron chi connectivity index (χ0n) is 14.6. The lowest BCUT2D eigenvalue weighted by Gasteiger charge is -2.04. The molecule has 0 amide bonds. The van der Waals surface area contributed by atoms with Gasteiger partial charge in [0.2, 0.25) is 5.82 Å². The summed E-state index contributed by atoms with van der Waals surface area (Å²) in [5.41, 5.74) is 4.35. The molecule has 25 heavy (non-hydrogen) atoms. The van der Waals surface area contributed by atoms with Gasteiger partial charge in [0.15, 0.2) is 6.61 Å². The molecule has 0 spiro atoms. The number of aromatic nitrogens is 2. The third-order valence-corrected chi connectivity index (χ3v) is 3.95. The van der Waals surface area contributed by atoms with Crippen LogP contribution < -0.4 is 0 Å². The van der Waals surface area contributed by atoms with Gasteiger partial charge in [-0.25, -0.2) is 0 Å². The largest absolute Gasteiger partial charge is 0.386 e. The molecule has 0 bridgehead atoms. The van der Waals surface area contributed by atoms with Gasteiger partial charge in [0.1, 0.15) is 0 Å². The van der Waals surface area contributed by atoms with Gasteiger partial charge >= 0.3 is 0 Å². The van der Waals surface area contributed by atoms with Crippen LogP contribution in [0.3, 0.4) is 0 Å². The molecule has 0 aliphatic heterocycles. The van der Waals surface area contributed by atoms with E-state index in [-0.39, 0.29) is 6.61 Å². The lowest BCUT2D eigenvalue weighted by Crippen LogP contribution is -1.91. The summed E-state index contributed by atoms with van der Waals surface area (Å²) in [7, 11) is 0. The summed E-state index contributed by atoms with van der Waals surface area (Å²) in [4.78, 5) is 9.59. The second-order valence-corrected chi connectivity index (χ2v) is 6.15. The second-order valence-electron chi connectivity index (χ2n) is 6.15. The molecule has 0 radical (unpaired) electrons. The van der Waals surface area contributed by atoms with E-state index in [1.54, 1.807) is 6.21 Å². The number of nitrogens with zero attached hydrogens (tertiary/aromatic N) is 3. The van der Waals surface area contributed by atoms with Crippen molar-refractivity contribution in [3.05, 3.63) is 71.1 Å². The Hall–Kier alpha value is -2.95. The Bertz CT molecular complexity index is 851. The maximum absolute atomic E-state index is 5.25. The molecule has 5 heteroatoms. The van der Waals surface area contributed by atoms with Crippen LogP contribution >= 0.6 is 0 Å². The highest BCUT2D eigenvalue weighted by Crippen LogP contribution is 2.20. The van der Waals surface area contributed by atoms with Crippen molar-refractivity contribution in [2.45, 2.75) is 33.3 Å². The van der Waals surface area contributed by atoms with Crippen molar-refractivity contribution < 1.29 is 9.36 Å². The molecule has 0 N–H and O–H groups in total. The standard InChI is InChI=1S/C20H21N3O2/c1-14(2)16-8-10-17(11-9-16)20-22-19(25-23-20)13-24-21-12-18-7-5-4-6-15(18)3/h4-12,14H,13H2,1-3H3/b21-12-. The van der Waals surface area contributed by atoms with Crippen molar-refractivity contribution in [3.8, 4) is 11.4 Å². The second kappa shape index (κ2) is 7.75. The third kappa shape index (κ3) is 4.32. The summed E-state index contributed by atoms with van der Waals surface area (Å²) < 4.78 is 5.21. The van der Waals surface area contributed by atoms with Gasteiger partial charge in [0, 0.05) is 5.56 Å². The summed E-state index contributed by atoms with van der Waals surface area (Å²) in [5, 5.41) is 7.95. The van der Waals surface area contributed by atoms with E-state index >= 15 is 0 Å². The maximum Gasteiger partial charge on any atom is 0.267 e. The van der Waals surface area contributed by atoms with Gasteiger partial charge in [0.25, 0.3) is 5.89 Å². The van der Waals surface area contributed by atoms with E-state index in [2.05, 4.69) is 41.3 Å². The van der Waals surface area contributed by atoms with E-state index in [0.717, 1.165) is 16.7 Å². The molecule has 1 aromatic heterocycles. The Kier molecular flexibility index (Phi) is 5.23. The Labute approximate surface area is 147 Å². The highest BCUT2D eigenvalue weighted by Gasteiger charge is 2.09. The Balaban J connectivity index is 1.59. The number of rotatable bonds is 6. The molecule has 5 nitrogen and oxygen atoms in total. The van der Waals surface area contributed by atoms with Crippen LogP contribution in [0.2, 0.25) is 0 Å². The van der Waals surface area contributed by atoms with Crippen LogP contribution in [0.1, 0.15) is 42.3 Å². The summed E-state index contributed by atoms with van der Waals surface area (Å²) in [6.45, 7) is 6.49. The molecular weight excluding hydrogens is 314 g/mol. The smallest absolute Gasteiger partial charge is 0.267 e. The molecule has 0 atom stereocenters. The van der Waals surface area contributed by atoms with Crippen molar-refractivity contribution in [2.24, 2.45) is 5.16 Å². The summed E-state index contributed by atoms with van der Waals surface area (Å²) >= 11 is 0. The monoisotopic (exact) mass is 335 g/mol. The minimum atomic E-state index is 0.138. The molecule has 3 aromatic rings.